The second-order valence-corrected chi connectivity index (χ2v) is 24.4. The molecule has 0 N–H and O–H groups in total. The lowest BCUT2D eigenvalue weighted by Crippen LogP contribution is -2.36. The third-order valence-electron chi connectivity index (χ3n) is 17.2. The van der Waals surface area contributed by atoms with Crippen LogP contribution < -0.4 is 55.8 Å². The van der Waals surface area contributed by atoms with Crippen molar-refractivity contribution in [1.82, 2.24) is 0 Å². The number of rotatable bonds is 12. The van der Waals surface area contributed by atoms with Crippen molar-refractivity contribution < 1.29 is 98.5 Å². The highest BCUT2D eigenvalue weighted by Crippen LogP contribution is 2.32. The van der Waals surface area contributed by atoms with E-state index in [0.29, 0.717) is 213 Å². The molecule has 21 nitrogen and oxygen atoms in total. The molecule has 0 spiro atoms. The van der Waals surface area contributed by atoms with E-state index in [9.17, 15) is 0 Å². The van der Waals surface area contributed by atoms with Crippen LogP contribution in [-0.2, 0) is 62.3 Å². The van der Waals surface area contributed by atoms with Crippen LogP contribution in [0.3, 0.4) is 0 Å². The summed E-state index contributed by atoms with van der Waals surface area (Å²) in [5.41, 5.74) is 13.1. The van der Waals surface area contributed by atoms with E-state index in [2.05, 4.69) is 193 Å². The molecule has 10 aromatic rings. The summed E-state index contributed by atoms with van der Waals surface area (Å²) in [5, 5.41) is 0. The van der Waals surface area contributed by atoms with E-state index in [1.165, 1.54) is 16.7 Å². The van der Waals surface area contributed by atoms with Gasteiger partial charge in [-0.1, -0.05) is 0 Å². The smallest absolute Gasteiger partial charge is 0.214 e. The number of fused-ring (bicyclic) bond motifs is 3. The average Bonchev–Trinajstić information content (AvgIpc) is 0.842. The zero-order valence-corrected chi connectivity index (χ0v) is 57.7. The van der Waals surface area contributed by atoms with Gasteiger partial charge in [0.2, 0.25) is 17.1 Å². The van der Waals surface area contributed by atoms with Gasteiger partial charge in [-0.05, 0) is 69.8 Å². The molecule has 0 radical (unpaired) electrons. The fraction of sp³-hybridized carbons (Fsp3) is 0.333. The van der Waals surface area contributed by atoms with Gasteiger partial charge in [0.15, 0.2) is 128 Å². The van der Waals surface area contributed by atoms with Gasteiger partial charge in [0, 0.05) is 108 Å². The van der Waals surface area contributed by atoms with E-state index < -0.39 is 0 Å². The zero-order valence-electron chi connectivity index (χ0n) is 57.7. The molecule has 0 bridgehead atoms. The number of hydrogen-bond acceptors (Lipinski definition) is 15. The van der Waals surface area contributed by atoms with Crippen molar-refractivity contribution in [3.05, 3.63) is 237 Å². The van der Waals surface area contributed by atoms with Crippen molar-refractivity contribution in [3.8, 4) is 84.9 Å². The number of nitrogens with zero attached hydrogens (tertiary/aromatic N) is 6. The van der Waals surface area contributed by atoms with Crippen LogP contribution in [0.5, 0.6) is 34.5 Å². The molecule has 4 aromatic carbocycles. The first-order chi connectivity index (χ1) is 50.5. The molecule has 0 unspecified atom stereocenters. The van der Waals surface area contributed by atoms with Crippen LogP contribution in [0.2, 0.25) is 0 Å². The molecule has 0 aliphatic carbocycles. The molecule has 528 valence electrons. The summed E-state index contributed by atoms with van der Waals surface area (Å²) >= 11 is 0. The molecule has 3 aliphatic heterocycles. The number of benzene rings is 4. The maximum atomic E-state index is 6.18. The summed E-state index contributed by atoms with van der Waals surface area (Å²) in [6.45, 7) is 13.2. The Labute approximate surface area is 595 Å². The molecule has 9 heterocycles. The standard InChI is InChI=1S/C81H90N6O15/c1-4-76-79(100-52-46-94-40-34-88-31-37-91-43-49-97-76)58-73(1)85-25-13-70(14-26-85)67-7-19-82(20-8-67)61-64-55-65(62-83-21-9-68(10-22-83)71-15-27-86(28-16-71)74-2-5-77-80(59-74)101-53-47-95-41-35-89-32-38-92-44-50-98-77)57-66(56-64)63-84-23-11-69(12-24-84)72-17-29-87(30-18-72)75-3-6-78-81(60-75)102-54-48-96-42-36-90-33-39-93-45-51-99-78/h1-30,55-60H,31-54,61-63H2/q+6. The van der Waals surface area contributed by atoms with Gasteiger partial charge in [0.25, 0.3) is 0 Å². The molecular weight excluding hydrogens is 1300 g/mol. The minimum Gasteiger partial charge on any atom is -0.487 e. The van der Waals surface area contributed by atoms with E-state index in [-0.39, 0.29) is 0 Å². The quantitative estimate of drug-likeness (QED) is 0.108. The number of aromatic nitrogens is 6. The maximum absolute atomic E-state index is 6.18. The number of hydrogen-bond donors (Lipinski definition) is 0. The van der Waals surface area contributed by atoms with E-state index in [0.717, 1.165) is 50.4 Å². The first-order valence-corrected chi connectivity index (χ1v) is 35.1. The van der Waals surface area contributed by atoms with Crippen LogP contribution in [0.15, 0.2) is 220 Å². The highest BCUT2D eigenvalue weighted by atomic mass is 16.6. The van der Waals surface area contributed by atoms with Gasteiger partial charge in [-0.3, -0.25) is 0 Å². The lowest BCUT2D eigenvalue weighted by Gasteiger charge is -2.13. The van der Waals surface area contributed by atoms with Crippen LogP contribution in [0.25, 0.3) is 50.4 Å². The monoisotopic (exact) mass is 1390 g/mol. The summed E-state index contributed by atoms with van der Waals surface area (Å²) in [4.78, 5) is 0. The Morgan fingerprint density at radius 2 is 0.373 bits per heavy atom. The van der Waals surface area contributed by atoms with Gasteiger partial charge < -0.3 is 71.1 Å². The van der Waals surface area contributed by atoms with Gasteiger partial charge in [-0.25, -0.2) is 13.7 Å². The Bertz CT molecular complexity index is 3770. The SMILES string of the molecule is c1c(C[n+]2ccc(-c3cc[n+](-c4ccc5c(c4)OCCOCCOCCOCCO5)cc3)cc2)cc(C[n+]2ccc(-c3cc[n+](-c4ccc5c(c4)OCCOCCOCCOCCO5)cc3)cc2)cc1C[n+]1ccc(-c2cc[n+](-c3ccc4c(c3)OCCOCCOCCOCCO4)cc2)cc1. The van der Waals surface area contributed by atoms with Crippen LogP contribution in [0, 0.1) is 0 Å². The molecule has 0 amide bonds. The van der Waals surface area contributed by atoms with Crippen molar-refractivity contribution in [3.63, 3.8) is 0 Å². The summed E-state index contributed by atoms with van der Waals surface area (Å²) in [6.07, 6.45) is 25.4. The van der Waals surface area contributed by atoms with E-state index in [4.69, 9.17) is 71.1 Å². The lowest BCUT2D eigenvalue weighted by atomic mass is 10.0. The summed E-state index contributed by atoms with van der Waals surface area (Å²) in [7, 11) is 0. The van der Waals surface area contributed by atoms with E-state index in [1.54, 1.807) is 0 Å². The van der Waals surface area contributed by atoms with E-state index >= 15 is 0 Å². The van der Waals surface area contributed by atoms with Crippen molar-refractivity contribution in [2.75, 3.05) is 159 Å². The lowest BCUT2D eigenvalue weighted by molar-refractivity contribution is -0.690. The molecule has 13 rings (SSSR count). The van der Waals surface area contributed by atoms with Crippen molar-refractivity contribution in [2.45, 2.75) is 19.6 Å². The van der Waals surface area contributed by atoms with Crippen molar-refractivity contribution in [2.24, 2.45) is 0 Å². The van der Waals surface area contributed by atoms with Gasteiger partial charge in [-0.15, -0.1) is 0 Å². The van der Waals surface area contributed by atoms with Crippen LogP contribution >= 0.6 is 0 Å². The topological polar surface area (TPSA) is 162 Å². The van der Waals surface area contributed by atoms with Crippen molar-refractivity contribution in [1.29, 1.82) is 0 Å². The Kier molecular flexibility index (Phi) is 26.2. The molecule has 0 fully saturated rings. The minimum atomic E-state index is 0.386. The van der Waals surface area contributed by atoms with Gasteiger partial charge in [0.05, 0.1) is 137 Å². The normalized spacial score (nSPS) is 16.1. The molecule has 0 saturated heterocycles. The first-order valence-electron chi connectivity index (χ1n) is 35.1. The highest BCUT2D eigenvalue weighted by molar-refractivity contribution is 5.63. The molecule has 0 saturated carbocycles. The molecule has 6 aromatic heterocycles. The predicted molar refractivity (Wildman–Crippen MR) is 375 cm³/mol. The molecule has 102 heavy (non-hydrogen) atoms. The number of ether oxygens (including phenoxy) is 15. The zero-order chi connectivity index (χ0) is 69.0. The van der Waals surface area contributed by atoms with Crippen LogP contribution in [0.4, 0.5) is 0 Å². The highest BCUT2D eigenvalue weighted by Gasteiger charge is 2.21. The Morgan fingerprint density at radius 3 is 0.588 bits per heavy atom. The summed E-state index contributed by atoms with van der Waals surface area (Å²) in [6, 6.07) is 50.8. The fourth-order valence-corrected chi connectivity index (χ4v) is 11.9. The van der Waals surface area contributed by atoms with E-state index in [1.807, 2.05) is 54.6 Å². The Balaban J connectivity index is 0.698. The second-order valence-electron chi connectivity index (χ2n) is 24.4. The average molecular weight is 1390 g/mol. The van der Waals surface area contributed by atoms with Crippen molar-refractivity contribution >= 4 is 0 Å². The summed E-state index contributed by atoms with van der Waals surface area (Å²) < 4.78 is 101. The third kappa shape index (κ3) is 20.9. The Morgan fingerprint density at radius 1 is 0.186 bits per heavy atom. The van der Waals surface area contributed by atoms with Gasteiger partial charge >= 0.3 is 0 Å². The maximum Gasteiger partial charge on any atom is 0.214 e. The minimum absolute atomic E-state index is 0.386. The molecular formula is C81H90N6O15+6. The largest absolute Gasteiger partial charge is 0.487 e. The predicted octanol–water partition coefficient (Wildman–Crippen LogP) is 7.99. The third-order valence-corrected chi connectivity index (χ3v) is 17.2. The molecule has 21 heteroatoms. The number of pyridine rings is 6. The van der Waals surface area contributed by atoms with Gasteiger partial charge in [-0.2, -0.15) is 13.7 Å². The van der Waals surface area contributed by atoms with Crippen LogP contribution in [-0.4, -0.2) is 159 Å². The molecule has 0 atom stereocenters. The second kappa shape index (κ2) is 37.8. The first kappa shape index (κ1) is 70.6. The Hall–Kier alpha value is -9.78. The fourth-order valence-electron chi connectivity index (χ4n) is 11.9. The summed E-state index contributed by atoms with van der Waals surface area (Å²) in [5.74, 6) is 3.92. The van der Waals surface area contributed by atoms with Gasteiger partial charge in [0.1, 0.15) is 39.6 Å². The molecule has 3 aliphatic rings. The van der Waals surface area contributed by atoms with Crippen LogP contribution in [0.1, 0.15) is 16.7 Å².